The van der Waals surface area contributed by atoms with Crippen LogP contribution in [0.4, 0.5) is 0 Å². The zero-order valence-corrected chi connectivity index (χ0v) is 13.9. The van der Waals surface area contributed by atoms with E-state index in [0.29, 0.717) is 0 Å². The molecule has 0 aliphatic carbocycles. The molecule has 0 unspecified atom stereocenters. The zero-order chi connectivity index (χ0) is 11.4. The Kier molecular flexibility index (Phi) is 10.8. The topological polar surface area (TPSA) is 43.1 Å². The van der Waals surface area contributed by atoms with E-state index in [1.165, 1.54) is 0 Å². The molecular weight excluding hydrogens is 394 g/mol. The third-order valence-corrected chi connectivity index (χ3v) is 5.38. The van der Waals surface area contributed by atoms with Crippen LogP contribution in [0.3, 0.4) is 0 Å². The number of hydrogen-bond acceptors (Lipinski definition) is 2. The van der Waals surface area contributed by atoms with Gasteiger partial charge < -0.3 is 35.1 Å². The Hall–Kier alpha value is -0.128. The van der Waals surface area contributed by atoms with Crippen molar-refractivity contribution >= 4 is 17.8 Å². The minimum atomic E-state index is -2.63. The quantitative estimate of drug-likeness (QED) is 0.415. The Balaban J connectivity index is 0. The summed E-state index contributed by atoms with van der Waals surface area (Å²) in [6.07, 6.45) is 0.168. The summed E-state index contributed by atoms with van der Waals surface area (Å²) in [5.41, 5.74) is 5.71. The summed E-state index contributed by atoms with van der Waals surface area (Å²) < 4.78 is 12.9. The van der Waals surface area contributed by atoms with E-state index in [4.69, 9.17) is 5.73 Å². The van der Waals surface area contributed by atoms with E-state index in [9.17, 15) is 4.57 Å². The van der Waals surface area contributed by atoms with Gasteiger partial charge in [0.15, 0.2) is 7.14 Å². The summed E-state index contributed by atoms with van der Waals surface area (Å²) in [4.78, 5) is 0. The van der Waals surface area contributed by atoms with Crippen LogP contribution >= 0.6 is 7.14 Å². The molecule has 6 heteroatoms. The van der Waals surface area contributed by atoms with Gasteiger partial charge in [-0.1, -0.05) is 60.7 Å². The smallest absolute Gasteiger partial charge is 1.00 e. The summed E-state index contributed by atoms with van der Waals surface area (Å²) in [5.74, 6) is 0. The van der Waals surface area contributed by atoms with E-state index in [0.717, 1.165) is 10.6 Å². The molecule has 2 rings (SSSR count). The minimum absolute atomic E-state index is 0. The average Bonchev–Trinajstić information content (AvgIpc) is 2.40. The maximum Gasteiger partial charge on any atom is 2.00 e. The molecule has 0 aliphatic rings. The largest absolute Gasteiger partial charge is 2.00 e. The molecule has 0 aromatic heterocycles. The van der Waals surface area contributed by atoms with Crippen LogP contribution in [0.5, 0.6) is 0 Å². The van der Waals surface area contributed by atoms with Crippen LogP contribution in [-0.4, -0.2) is 6.29 Å². The number of benzene rings is 2. The molecule has 0 heterocycles. The third-order valence-electron chi connectivity index (χ3n) is 2.60. The molecule has 0 saturated heterocycles. The van der Waals surface area contributed by atoms with Crippen LogP contribution in [0, 0.1) is 0 Å². The van der Waals surface area contributed by atoms with Gasteiger partial charge in [0.1, 0.15) is 0 Å². The first-order chi connectivity index (χ1) is 7.77. The van der Waals surface area contributed by atoms with Crippen LogP contribution in [0.2, 0.25) is 0 Å². The van der Waals surface area contributed by atoms with Crippen molar-refractivity contribution in [3.8, 4) is 0 Å². The van der Waals surface area contributed by atoms with Crippen molar-refractivity contribution in [3.05, 3.63) is 60.7 Å². The van der Waals surface area contributed by atoms with E-state index in [2.05, 4.69) is 0 Å². The fourth-order valence-corrected chi connectivity index (χ4v) is 3.72. The Labute approximate surface area is 140 Å². The van der Waals surface area contributed by atoms with Gasteiger partial charge in [-0.25, -0.2) is 0 Å². The Bertz CT molecular complexity index is 467. The predicted octanol–water partition coefficient (Wildman–Crippen LogP) is -4.08. The first-order valence-electron chi connectivity index (χ1n) is 5.18. The first-order valence-corrected chi connectivity index (χ1v) is 7.07. The maximum absolute atomic E-state index is 12.9. The second-order valence-electron chi connectivity index (χ2n) is 3.59. The molecule has 106 valence electrons. The predicted molar refractivity (Wildman–Crippen MR) is 68.8 cm³/mol. The molecule has 19 heavy (non-hydrogen) atoms. The molecule has 0 amide bonds. The molecule has 0 spiro atoms. The second-order valence-corrected chi connectivity index (χ2v) is 6.47. The van der Waals surface area contributed by atoms with Gasteiger partial charge in [0, 0.05) is 10.6 Å². The molecule has 0 atom stereocenters. The van der Waals surface area contributed by atoms with Crippen LogP contribution in [0.25, 0.3) is 0 Å². The van der Waals surface area contributed by atoms with E-state index >= 15 is 0 Å². The van der Waals surface area contributed by atoms with E-state index in [1.54, 1.807) is 0 Å². The molecular formula is C13H14Cl2NOPPd. The van der Waals surface area contributed by atoms with Crippen molar-refractivity contribution in [2.24, 2.45) is 5.73 Å². The summed E-state index contributed by atoms with van der Waals surface area (Å²) in [5, 5.41) is 1.65. The fraction of sp³-hybridized carbons (Fsp3) is 0.0769. The molecule has 0 saturated carbocycles. The van der Waals surface area contributed by atoms with Crippen molar-refractivity contribution in [1.29, 1.82) is 0 Å². The van der Waals surface area contributed by atoms with Gasteiger partial charge in [0.05, 0.1) is 6.29 Å². The van der Waals surface area contributed by atoms with Crippen molar-refractivity contribution < 1.29 is 49.8 Å². The van der Waals surface area contributed by atoms with Gasteiger partial charge in [-0.15, -0.1) is 0 Å². The van der Waals surface area contributed by atoms with Crippen LogP contribution in [0.15, 0.2) is 60.7 Å². The van der Waals surface area contributed by atoms with E-state index < -0.39 is 7.14 Å². The van der Waals surface area contributed by atoms with Gasteiger partial charge in [-0.3, -0.25) is 0 Å². The summed E-state index contributed by atoms with van der Waals surface area (Å²) in [6.45, 7) is 0. The monoisotopic (exact) mass is 407 g/mol. The molecule has 2 N–H and O–H groups in total. The van der Waals surface area contributed by atoms with Gasteiger partial charge in [0.25, 0.3) is 0 Å². The molecule has 2 aromatic rings. The minimum Gasteiger partial charge on any atom is -1.00 e. The van der Waals surface area contributed by atoms with E-state index in [-0.39, 0.29) is 51.5 Å². The van der Waals surface area contributed by atoms with Gasteiger partial charge in [-0.05, 0) is 0 Å². The summed E-state index contributed by atoms with van der Waals surface area (Å²) in [7, 11) is -2.63. The van der Waals surface area contributed by atoms with Crippen LogP contribution in [0.1, 0.15) is 0 Å². The van der Waals surface area contributed by atoms with Gasteiger partial charge in [-0.2, -0.15) is 0 Å². The fourth-order valence-electron chi connectivity index (χ4n) is 1.70. The molecule has 2 nitrogen and oxygen atoms in total. The average molecular weight is 409 g/mol. The third kappa shape index (κ3) is 4.72. The standard InChI is InChI=1S/C13H14NOP.2ClH.Pd/c14-11-16(15,12-7-3-1-4-8-12)13-9-5-2-6-10-13;;;/h1-10H,11,14H2;2*1H;/q;;;+2/p-2. The first kappa shape index (κ1) is 21.2. The van der Waals surface area contributed by atoms with Gasteiger partial charge in [0.2, 0.25) is 0 Å². The number of halogens is 2. The number of rotatable bonds is 3. The summed E-state index contributed by atoms with van der Waals surface area (Å²) in [6, 6.07) is 18.9. The van der Waals surface area contributed by atoms with Gasteiger partial charge >= 0.3 is 20.4 Å². The number of nitrogens with two attached hydrogens (primary N) is 1. The van der Waals surface area contributed by atoms with Crippen molar-refractivity contribution in [2.45, 2.75) is 0 Å². The Morgan fingerprint density at radius 1 is 0.789 bits per heavy atom. The molecule has 0 fully saturated rings. The maximum atomic E-state index is 12.9. The second kappa shape index (κ2) is 9.73. The van der Waals surface area contributed by atoms with Crippen molar-refractivity contribution in [2.75, 3.05) is 6.29 Å². The van der Waals surface area contributed by atoms with Crippen LogP contribution in [-0.2, 0) is 25.0 Å². The molecule has 0 aliphatic heterocycles. The molecule has 0 bridgehead atoms. The summed E-state index contributed by atoms with van der Waals surface area (Å²) >= 11 is 0. The zero-order valence-electron chi connectivity index (χ0n) is 9.99. The molecule has 0 radical (unpaired) electrons. The van der Waals surface area contributed by atoms with E-state index in [1.807, 2.05) is 60.7 Å². The Morgan fingerprint density at radius 2 is 1.11 bits per heavy atom. The normalized spacial score (nSPS) is 9.53. The van der Waals surface area contributed by atoms with Crippen molar-refractivity contribution in [1.82, 2.24) is 0 Å². The molecule has 2 aromatic carbocycles. The number of hydrogen-bond donors (Lipinski definition) is 1. The SMILES string of the molecule is NCP(=O)(c1ccccc1)c1ccccc1.[Cl-].[Cl-].[Pd+2]. The Morgan fingerprint density at radius 3 is 1.37 bits per heavy atom. The van der Waals surface area contributed by atoms with Crippen LogP contribution < -0.4 is 41.2 Å². The van der Waals surface area contributed by atoms with Crippen molar-refractivity contribution in [3.63, 3.8) is 0 Å².